The Kier molecular flexibility index (Phi) is 5.79. The summed E-state index contributed by atoms with van der Waals surface area (Å²) >= 11 is 2.05. The monoisotopic (exact) mass is 293 g/mol. The zero-order valence-corrected chi connectivity index (χ0v) is 13.8. The van der Waals surface area contributed by atoms with Crippen LogP contribution < -0.4 is 10.1 Å². The highest BCUT2D eigenvalue weighted by atomic mass is 32.2. The lowest BCUT2D eigenvalue weighted by molar-refractivity contribution is 0.413. The van der Waals surface area contributed by atoms with Gasteiger partial charge < -0.3 is 10.1 Å². The first-order valence-corrected chi connectivity index (χ1v) is 8.88. The van der Waals surface area contributed by atoms with E-state index in [9.17, 15) is 0 Å². The molecule has 0 saturated heterocycles. The van der Waals surface area contributed by atoms with Gasteiger partial charge >= 0.3 is 0 Å². The van der Waals surface area contributed by atoms with E-state index in [2.05, 4.69) is 54.5 Å². The van der Waals surface area contributed by atoms with Crippen molar-refractivity contribution < 1.29 is 4.74 Å². The Labute approximate surface area is 127 Å². The second-order valence-electron chi connectivity index (χ2n) is 5.71. The topological polar surface area (TPSA) is 21.3 Å². The summed E-state index contributed by atoms with van der Waals surface area (Å²) in [6.45, 7) is 3.38. The van der Waals surface area contributed by atoms with Crippen LogP contribution in [0.5, 0.6) is 5.75 Å². The molecule has 3 heteroatoms. The minimum Gasteiger partial charge on any atom is -0.497 e. The molecule has 1 saturated carbocycles. The molecule has 0 radical (unpaired) electrons. The summed E-state index contributed by atoms with van der Waals surface area (Å²) in [6, 6.07) is 8.92. The van der Waals surface area contributed by atoms with Crippen LogP contribution in [0.3, 0.4) is 0 Å². The molecule has 0 spiro atoms. The fourth-order valence-electron chi connectivity index (χ4n) is 3.12. The molecule has 2 nitrogen and oxygen atoms in total. The van der Waals surface area contributed by atoms with E-state index in [1.54, 1.807) is 7.11 Å². The number of ether oxygens (including phenoxy) is 1. The Morgan fingerprint density at radius 3 is 2.40 bits per heavy atom. The van der Waals surface area contributed by atoms with Crippen molar-refractivity contribution in [3.63, 3.8) is 0 Å². The van der Waals surface area contributed by atoms with E-state index in [0.717, 1.165) is 18.7 Å². The first kappa shape index (κ1) is 15.7. The molecule has 1 aromatic rings. The standard InChI is InChI=1S/C17H27NOS/c1-4-16(14-7-9-15(19-2)10-8-14)18-13-17(20-3)11-5-6-12-17/h7-10,16,18H,4-6,11-13H2,1-3H3. The zero-order valence-electron chi connectivity index (χ0n) is 12.9. The molecule has 0 aromatic heterocycles. The predicted octanol–water partition coefficient (Wildman–Crippen LogP) is 4.41. The molecule has 1 aliphatic carbocycles. The third-order valence-corrected chi connectivity index (χ3v) is 5.96. The molecule has 0 aliphatic heterocycles. The van der Waals surface area contributed by atoms with Crippen LogP contribution in [-0.4, -0.2) is 24.7 Å². The molecule has 1 aromatic carbocycles. The van der Waals surface area contributed by atoms with Gasteiger partial charge in [0, 0.05) is 17.3 Å². The number of hydrogen-bond donors (Lipinski definition) is 1. The fourth-order valence-corrected chi connectivity index (χ4v) is 4.04. The largest absolute Gasteiger partial charge is 0.497 e. The number of benzene rings is 1. The van der Waals surface area contributed by atoms with Crippen molar-refractivity contribution >= 4 is 11.8 Å². The van der Waals surface area contributed by atoms with Crippen molar-refractivity contribution in [1.82, 2.24) is 5.32 Å². The minimum absolute atomic E-state index is 0.450. The van der Waals surface area contributed by atoms with Gasteiger partial charge in [0.1, 0.15) is 5.75 Å². The van der Waals surface area contributed by atoms with Crippen LogP contribution in [0, 0.1) is 0 Å². The lowest BCUT2D eigenvalue weighted by Gasteiger charge is -2.30. The van der Waals surface area contributed by atoms with E-state index >= 15 is 0 Å². The number of thioether (sulfide) groups is 1. The van der Waals surface area contributed by atoms with Crippen LogP contribution >= 0.6 is 11.8 Å². The van der Waals surface area contributed by atoms with Crippen LogP contribution in [0.25, 0.3) is 0 Å². The Balaban J connectivity index is 1.97. The Bertz CT molecular complexity index is 398. The van der Waals surface area contributed by atoms with E-state index in [-0.39, 0.29) is 0 Å². The molecule has 1 aliphatic rings. The third kappa shape index (κ3) is 3.70. The Morgan fingerprint density at radius 2 is 1.90 bits per heavy atom. The summed E-state index contributed by atoms with van der Waals surface area (Å²) in [5.41, 5.74) is 1.36. The SMILES string of the molecule is CCC(NCC1(SC)CCCC1)c1ccc(OC)cc1. The minimum atomic E-state index is 0.450. The van der Waals surface area contributed by atoms with E-state index < -0.39 is 0 Å². The summed E-state index contributed by atoms with van der Waals surface area (Å²) in [5.74, 6) is 0.931. The second kappa shape index (κ2) is 7.37. The van der Waals surface area contributed by atoms with Gasteiger partial charge in [0.25, 0.3) is 0 Å². The molecular weight excluding hydrogens is 266 g/mol. The molecular formula is C17H27NOS. The van der Waals surface area contributed by atoms with Crippen molar-refractivity contribution in [2.75, 3.05) is 19.9 Å². The number of rotatable bonds is 7. The third-order valence-electron chi connectivity index (χ3n) is 4.54. The van der Waals surface area contributed by atoms with Crippen LogP contribution in [0.2, 0.25) is 0 Å². The number of nitrogens with one attached hydrogen (secondary N) is 1. The molecule has 0 bridgehead atoms. The van der Waals surface area contributed by atoms with E-state index in [0.29, 0.717) is 10.8 Å². The van der Waals surface area contributed by atoms with Crippen LogP contribution in [0.4, 0.5) is 0 Å². The van der Waals surface area contributed by atoms with Crippen LogP contribution in [-0.2, 0) is 0 Å². The van der Waals surface area contributed by atoms with Crippen molar-refractivity contribution in [1.29, 1.82) is 0 Å². The van der Waals surface area contributed by atoms with Crippen LogP contribution in [0.15, 0.2) is 24.3 Å². The smallest absolute Gasteiger partial charge is 0.118 e. The van der Waals surface area contributed by atoms with Gasteiger partial charge in [0.2, 0.25) is 0 Å². The summed E-state index contributed by atoms with van der Waals surface area (Å²) in [5, 5.41) is 3.80. The molecule has 0 amide bonds. The number of hydrogen-bond acceptors (Lipinski definition) is 3. The quantitative estimate of drug-likeness (QED) is 0.804. The van der Waals surface area contributed by atoms with Gasteiger partial charge in [-0.1, -0.05) is 31.9 Å². The van der Waals surface area contributed by atoms with Gasteiger partial charge in [0.15, 0.2) is 0 Å². The molecule has 20 heavy (non-hydrogen) atoms. The second-order valence-corrected chi connectivity index (χ2v) is 6.98. The van der Waals surface area contributed by atoms with Crippen molar-refractivity contribution in [2.45, 2.75) is 49.8 Å². The first-order valence-electron chi connectivity index (χ1n) is 7.65. The van der Waals surface area contributed by atoms with Crippen molar-refractivity contribution in [3.05, 3.63) is 29.8 Å². The van der Waals surface area contributed by atoms with Crippen molar-refractivity contribution in [3.8, 4) is 5.75 Å². The summed E-state index contributed by atoms with van der Waals surface area (Å²) < 4.78 is 5.71. The maximum Gasteiger partial charge on any atom is 0.118 e. The van der Waals surface area contributed by atoms with Gasteiger partial charge in [-0.2, -0.15) is 11.8 Å². The van der Waals surface area contributed by atoms with E-state index in [4.69, 9.17) is 4.74 Å². The average molecular weight is 293 g/mol. The van der Waals surface area contributed by atoms with Crippen molar-refractivity contribution in [2.24, 2.45) is 0 Å². The average Bonchev–Trinajstić information content (AvgIpc) is 2.98. The normalized spacial score (nSPS) is 18.9. The molecule has 1 atom stereocenters. The molecule has 1 unspecified atom stereocenters. The molecule has 0 heterocycles. The zero-order chi connectivity index (χ0) is 14.4. The highest BCUT2D eigenvalue weighted by Gasteiger charge is 2.33. The summed E-state index contributed by atoms with van der Waals surface area (Å²) in [4.78, 5) is 0. The predicted molar refractivity (Wildman–Crippen MR) is 88.7 cm³/mol. The lowest BCUT2D eigenvalue weighted by Crippen LogP contribution is -2.37. The van der Waals surface area contributed by atoms with Gasteiger partial charge in [-0.05, 0) is 43.2 Å². The highest BCUT2D eigenvalue weighted by Crippen LogP contribution is 2.40. The van der Waals surface area contributed by atoms with E-state index in [1.807, 2.05) is 0 Å². The maximum absolute atomic E-state index is 5.23. The molecule has 1 N–H and O–H groups in total. The molecule has 1 fully saturated rings. The Morgan fingerprint density at radius 1 is 1.25 bits per heavy atom. The van der Waals surface area contributed by atoms with Gasteiger partial charge in [0.05, 0.1) is 7.11 Å². The Hall–Kier alpha value is -0.670. The van der Waals surface area contributed by atoms with E-state index in [1.165, 1.54) is 31.2 Å². The van der Waals surface area contributed by atoms with Crippen LogP contribution in [0.1, 0.15) is 50.6 Å². The molecule has 2 rings (SSSR count). The van der Waals surface area contributed by atoms with Gasteiger partial charge in [-0.25, -0.2) is 0 Å². The van der Waals surface area contributed by atoms with Gasteiger partial charge in [-0.15, -0.1) is 0 Å². The van der Waals surface area contributed by atoms with Gasteiger partial charge in [-0.3, -0.25) is 0 Å². The summed E-state index contributed by atoms with van der Waals surface area (Å²) in [7, 11) is 1.72. The maximum atomic E-state index is 5.23. The first-order chi connectivity index (χ1) is 9.73. The molecule has 112 valence electrons. The fraction of sp³-hybridized carbons (Fsp3) is 0.647. The number of methoxy groups -OCH3 is 1. The summed E-state index contributed by atoms with van der Waals surface area (Å²) in [6.07, 6.45) is 8.89. The lowest BCUT2D eigenvalue weighted by atomic mass is 10.0. The highest BCUT2D eigenvalue weighted by molar-refractivity contribution is 8.00.